The number of nitrogens with two attached hydrogens (primary N) is 1. The van der Waals surface area contributed by atoms with E-state index in [0.717, 1.165) is 0 Å². The molecule has 0 bridgehead atoms. The van der Waals surface area contributed by atoms with Gasteiger partial charge in [-0.15, -0.1) is 0 Å². The minimum atomic E-state index is 0.359. The van der Waals surface area contributed by atoms with Crippen LogP contribution in [0, 0.1) is 0 Å². The van der Waals surface area contributed by atoms with Crippen LogP contribution in [0.4, 0.5) is 11.4 Å². The van der Waals surface area contributed by atoms with Crippen molar-refractivity contribution in [3.63, 3.8) is 0 Å². The Balaban J connectivity index is 2.29. The molecule has 6 heteroatoms. The van der Waals surface area contributed by atoms with Crippen LogP contribution in [0.25, 0.3) is 0 Å². The van der Waals surface area contributed by atoms with Gasteiger partial charge >= 0.3 is 0 Å². The molecule has 0 spiro atoms. The molecule has 2 aromatic carbocycles. The Morgan fingerprint density at radius 1 is 1.11 bits per heavy atom. The van der Waals surface area contributed by atoms with Gasteiger partial charge in [0.05, 0.1) is 16.4 Å². The molecule has 2 aromatic rings. The summed E-state index contributed by atoms with van der Waals surface area (Å²) in [4.78, 5) is 2.45. The van der Waals surface area contributed by atoms with Crippen molar-refractivity contribution >= 4 is 46.4 Å². The van der Waals surface area contributed by atoms with Gasteiger partial charge in [-0.3, -0.25) is 4.84 Å². The van der Waals surface area contributed by atoms with E-state index in [1.165, 1.54) is 0 Å². The fourth-order valence-electron chi connectivity index (χ4n) is 1.38. The molecule has 0 unspecified atom stereocenters. The van der Waals surface area contributed by atoms with Crippen LogP contribution in [0.1, 0.15) is 0 Å². The van der Waals surface area contributed by atoms with E-state index in [1.807, 2.05) is 0 Å². The number of ether oxygens (including phenoxy) is 1. The minimum Gasteiger partial charge on any atom is -0.456 e. The number of benzene rings is 2. The van der Waals surface area contributed by atoms with Crippen molar-refractivity contribution in [2.75, 3.05) is 10.6 Å². The van der Waals surface area contributed by atoms with E-state index in [2.05, 4.69) is 4.84 Å². The van der Waals surface area contributed by atoms with Crippen LogP contribution < -0.4 is 15.3 Å². The second kappa shape index (κ2) is 5.57. The van der Waals surface area contributed by atoms with E-state index in [1.54, 1.807) is 36.4 Å². The summed E-state index contributed by atoms with van der Waals surface area (Å²) < 4.78 is 5.60. The Labute approximate surface area is 120 Å². The van der Waals surface area contributed by atoms with Crippen LogP contribution in [0.3, 0.4) is 0 Å². The molecule has 18 heavy (non-hydrogen) atoms. The molecule has 0 aliphatic carbocycles. The van der Waals surface area contributed by atoms with E-state index in [-0.39, 0.29) is 0 Å². The molecule has 0 aliphatic heterocycles. The number of halogens is 3. The first-order valence-electron chi connectivity index (χ1n) is 5.00. The number of hydrogen-bond donors (Lipinski definition) is 2. The van der Waals surface area contributed by atoms with Gasteiger partial charge in [-0.25, -0.2) is 0 Å². The van der Waals surface area contributed by atoms with Gasteiger partial charge in [0, 0.05) is 17.8 Å². The van der Waals surface area contributed by atoms with Gasteiger partial charge in [0.15, 0.2) is 0 Å². The summed E-state index contributed by atoms with van der Waals surface area (Å²) in [5.41, 5.74) is 6.85. The highest BCUT2D eigenvalue weighted by molar-refractivity contribution is 6.42. The Kier molecular flexibility index (Phi) is 4.07. The van der Waals surface area contributed by atoms with Crippen molar-refractivity contribution in [3.05, 3.63) is 46.4 Å². The molecular formula is C12H9Cl3N2O. The van der Waals surface area contributed by atoms with Crippen molar-refractivity contribution in [3.8, 4) is 11.5 Å². The minimum absolute atomic E-state index is 0.359. The van der Waals surface area contributed by atoms with Crippen molar-refractivity contribution in [1.29, 1.82) is 0 Å². The van der Waals surface area contributed by atoms with Gasteiger partial charge < -0.3 is 10.5 Å². The van der Waals surface area contributed by atoms with Crippen LogP contribution in [-0.4, -0.2) is 0 Å². The Morgan fingerprint density at radius 3 is 2.56 bits per heavy atom. The second-order valence-electron chi connectivity index (χ2n) is 3.50. The highest BCUT2D eigenvalue weighted by Gasteiger charge is 2.07. The normalized spacial score (nSPS) is 10.2. The van der Waals surface area contributed by atoms with Crippen molar-refractivity contribution in [2.45, 2.75) is 0 Å². The SMILES string of the molecule is Nc1cc(Oc2cccc(Cl)c2Cl)ccc1NCl. The summed E-state index contributed by atoms with van der Waals surface area (Å²) >= 11 is 17.4. The number of hydrogen-bond acceptors (Lipinski definition) is 3. The lowest BCUT2D eigenvalue weighted by atomic mass is 10.2. The van der Waals surface area contributed by atoms with E-state index in [0.29, 0.717) is 32.9 Å². The first-order valence-corrected chi connectivity index (χ1v) is 6.13. The zero-order chi connectivity index (χ0) is 13.1. The third-order valence-corrected chi connectivity index (χ3v) is 3.27. The third kappa shape index (κ3) is 2.75. The highest BCUT2D eigenvalue weighted by atomic mass is 35.5. The highest BCUT2D eigenvalue weighted by Crippen LogP contribution is 2.35. The molecule has 0 aromatic heterocycles. The number of rotatable bonds is 3. The molecular weight excluding hydrogens is 295 g/mol. The second-order valence-corrected chi connectivity index (χ2v) is 4.47. The number of anilines is 2. The molecule has 0 radical (unpaired) electrons. The predicted molar refractivity (Wildman–Crippen MR) is 76.9 cm³/mol. The number of nitrogens with one attached hydrogen (secondary N) is 1. The van der Waals surface area contributed by atoms with Gasteiger partial charge in [-0.05, 0) is 24.3 Å². The van der Waals surface area contributed by atoms with Crippen LogP contribution in [0.5, 0.6) is 11.5 Å². The molecule has 0 saturated heterocycles. The fourth-order valence-corrected chi connectivity index (χ4v) is 1.88. The van der Waals surface area contributed by atoms with Gasteiger partial charge in [-0.1, -0.05) is 29.3 Å². The quantitative estimate of drug-likeness (QED) is 0.624. The Hall–Kier alpha value is -1.29. The summed E-state index contributed by atoms with van der Waals surface area (Å²) in [5, 5.41) is 0.790. The molecule has 94 valence electrons. The average Bonchev–Trinajstić information content (AvgIpc) is 2.35. The molecule has 2 rings (SSSR count). The standard InChI is InChI=1S/C12H9Cl3N2O/c13-8-2-1-3-11(12(8)14)18-7-4-5-10(17-15)9(16)6-7/h1-6,17H,16H2. The van der Waals surface area contributed by atoms with Crippen molar-refractivity contribution < 1.29 is 4.74 Å². The maximum atomic E-state index is 6.02. The molecule has 0 aliphatic rings. The zero-order valence-electron chi connectivity index (χ0n) is 9.08. The van der Waals surface area contributed by atoms with Gasteiger partial charge in [0.25, 0.3) is 0 Å². The topological polar surface area (TPSA) is 47.3 Å². The van der Waals surface area contributed by atoms with E-state index >= 15 is 0 Å². The van der Waals surface area contributed by atoms with Crippen LogP contribution in [-0.2, 0) is 0 Å². The largest absolute Gasteiger partial charge is 0.456 e. The molecule has 0 fully saturated rings. The number of nitrogen functional groups attached to an aromatic ring is 1. The van der Waals surface area contributed by atoms with Gasteiger partial charge in [-0.2, -0.15) is 0 Å². The van der Waals surface area contributed by atoms with Crippen LogP contribution >= 0.6 is 35.0 Å². The maximum Gasteiger partial charge on any atom is 0.147 e. The van der Waals surface area contributed by atoms with E-state index < -0.39 is 0 Å². The van der Waals surface area contributed by atoms with E-state index in [4.69, 9.17) is 45.4 Å². The van der Waals surface area contributed by atoms with Crippen molar-refractivity contribution in [1.82, 2.24) is 0 Å². The monoisotopic (exact) mass is 302 g/mol. The summed E-state index contributed by atoms with van der Waals surface area (Å²) in [6, 6.07) is 10.2. The summed E-state index contributed by atoms with van der Waals surface area (Å²) in [6.45, 7) is 0. The van der Waals surface area contributed by atoms with Gasteiger partial charge in [0.1, 0.15) is 16.5 Å². The smallest absolute Gasteiger partial charge is 0.147 e. The molecule has 3 nitrogen and oxygen atoms in total. The van der Waals surface area contributed by atoms with Crippen LogP contribution in [0.2, 0.25) is 10.0 Å². The fraction of sp³-hybridized carbons (Fsp3) is 0. The Morgan fingerprint density at radius 2 is 1.89 bits per heavy atom. The summed E-state index contributed by atoms with van der Waals surface area (Å²) in [5.74, 6) is 1.02. The van der Waals surface area contributed by atoms with Crippen LogP contribution in [0.15, 0.2) is 36.4 Å². The molecule has 3 N–H and O–H groups in total. The molecule has 0 amide bonds. The predicted octanol–water partition coefficient (Wildman–Crippen LogP) is 4.93. The molecule has 0 atom stereocenters. The van der Waals surface area contributed by atoms with Gasteiger partial charge in [0.2, 0.25) is 0 Å². The third-order valence-electron chi connectivity index (χ3n) is 2.27. The Bertz CT molecular complexity index is 575. The zero-order valence-corrected chi connectivity index (χ0v) is 11.4. The summed E-state index contributed by atoms with van der Waals surface area (Å²) in [7, 11) is 0. The first kappa shape index (κ1) is 13.1. The lowest BCUT2D eigenvalue weighted by molar-refractivity contribution is 0.483. The lowest BCUT2D eigenvalue weighted by Crippen LogP contribution is -1.93. The lowest BCUT2D eigenvalue weighted by Gasteiger charge is -2.10. The van der Waals surface area contributed by atoms with E-state index in [9.17, 15) is 0 Å². The van der Waals surface area contributed by atoms with Crippen molar-refractivity contribution in [2.24, 2.45) is 0 Å². The average molecular weight is 304 g/mol. The maximum absolute atomic E-state index is 6.02. The summed E-state index contributed by atoms with van der Waals surface area (Å²) in [6.07, 6.45) is 0. The molecule has 0 heterocycles. The first-order chi connectivity index (χ1) is 8.61. The molecule has 0 saturated carbocycles.